The molecular formula is C21H23N3O3. The van der Waals surface area contributed by atoms with Crippen molar-refractivity contribution >= 4 is 5.91 Å². The first-order valence-electron chi connectivity index (χ1n) is 8.89. The first-order valence-corrected chi connectivity index (χ1v) is 8.89. The van der Waals surface area contributed by atoms with E-state index in [4.69, 9.17) is 9.47 Å². The van der Waals surface area contributed by atoms with Crippen LogP contribution in [0.4, 0.5) is 0 Å². The van der Waals surface area contributed by atoms with Crippen LogP contribution in [0.5, 0.6) is 5.88 Å². The lowest BCUT2D eigenvalue weighted by molar-refractivity contribution is -0.123. The molecule has 0 atom stereocenters. The fourth-order valence-electron chi connectivity index (χ4n) is 3.11. The number of hydrogen-bond acceptors (Lipinski definition) is 5. The number of pyridine rings is 1. The van der Waals surface area contributed by atoms with E-state index < -0.39 is 0 Å². The molecule has 0 unspecified atom stereocenters. The van der Waals surface area contributed by atoms with Crippen molar-refractivity contribution < 1.29 is 14.3 Å². The second-order valence-electron chi connectivity index (χ2n) is 7.22. The van der Waals surface area contributed by atoms with Crippen molar-refractivity contribution in [2.45, 2.75) is 45.9 Å². The summed E-state index contributed by atoms with van der Waals surface area (Å²) in [4.78, 5) is 16.5. The molecule has 1 aliphatic rings. The second kappa shape index (κ2) is 7.77. The quantitative estimate of drug-likeness (QED) is 0.881. The molecule has 0 saturated carbocycles. The van der Waals surface area contributed by atoms with E-state index in [9.17, 15) is 10.1 Å². The number of amides is 1. The van der Waals surface area contributed by atoms with Crippen molar-refractivity contribution in [3.8, 4) is 11.9 Å². The van der Waals surface area contributed by atoms with E-state index >= 15 is 0 Å². The van der Waals surface area contributed by atoms with Crippen molar-refractivity contribution in [3.63, 3.8) is 0 Å². The predicted molar refractivity (Wildman–Crippen MR) is 100 cm³/mol. The van der Waals surface area contributed by atoms with Gasteiger partial charge in [-0.3, -0.25) is 4.79 Å². The minimum Gasteiger partial charge on any atom is -0.467 e. The molecule has 2 aromatic rings. The molecule has 1 aromatic heterocycles. The largest absolute Gasteiger partial charge is 0.467 e. The normalized spacial score (nSPS) is 14.7. The molecule has 1 aromatic carbocycles. The highest BCUT2D eigenvalue weighted by atomic mass is 16.5. The average Bonchev–Trinajstić information content (AvgIpc) is 2.64. The van der Waals surface area contributed by atoms with E-state index in [1.165, 1.54) is 0 Å². The van der Waals surface area contributed by atoms with Gasteiger partial charge in [-0.2, -0.15) is 5.26 Å². The molecule has 6 nitrogen and oxygen atoms in total. The van der Waals surface area contributed by atoms with Gasteiger partial charge in [0.15, 0.2) is 6.61 Å². The lowest BCUT2D eigenvalue weighted by Gasteiger charge is -2.33. The Balaban J connectivity index is 1.71. The highest BCUT2D eigenvalue weighted by Gasteiger charge is 2.31. The molecule has 0 fully saturated rings. The van der Waals surface area contributed by atoms with Crippen LogP contribution in [0.3, 0.4) is 0 Å². The Morgan fingerprint density at radius 2 is 2.07 bits per heavy atom. The zero-order chi connectivity index (χ0) is 19.4. The number of hydrogen-bond donors (Lipinski definition) is 1. The molecule has 6 heteroatoms. The van der Waals surface area contributed by atoms with Gasteiger partial charge in [0.25, 0.3) is 5.91 Å². The van der Waals surface area contributed by atoms with Crippen molar-refractivity contribution in [1.29, 1.82) is 5.26 Å². The number of fused-ring (bicyclic) bond motifs is 1. The van der Waals surface area contributed by atoms with Gasteiger partial charge in [0, 0.05) is 24.2 Å². The fourth-order valence-corrected chi connectivity index (χ4v) is 3.11. The standard InChI is InChI=1S/C21H23N3O3/c1-14-18-12-27-21(2,3)9-16(18)17(10-22)20(24-14)26-13-19(25)23-11-15-7-5-4-6-8-15/h4-8H,9,11-13H2,1-3H3,(H,23,25). The third-order valence-corrected chi connectivity index (χ3v) is 4.58. The fraction of sp³-hybridized carbons (Fsp3) is 0.381. The molecule has 3 rings (SSSR count). The summed E-state index contributed by atoms with van der Waals surface area (Å²) in [7, 11) is 0. The van der Waals surface area contributed by atoms with Gasteiger partial charge in [0.05, 0.1) is 12.2 Å². The number of aromatic nitrogens is 1. The average molecular weight is 365 g/mol. The third-order valence-electron chi connectivity index (χ3n) is 4.58. The summed E-state index contributed by atoms with van der Waals surface area (Å²) in [6.07, 6.45) is 0.602. The smallest absolute Gasteiger partial charge is 0.258 e. The van der Waals surface area contributed by atoms with Gasteiger partial charge < -0.3 is 14.8 Å². The summed E-state index contributed by atoms with van der Waals surface area (Å²) in [5.41, 5.74) is 3.65. The number of rotatable bonds is 5. The molecule has 2 heterocycles. The molecule has 140 valence electrons. The Bertz CT molecular complexity index is 886. The van der Waals surface area contributed by atoms with Gasteiger partial charge in [0.1, 0.15) is 11.6 Å². The summed E-state index contributed by atoms with van der Waals surface area (Å²) >= 11 is 0. The molecule has 1 amide bonds. The van der Waals surface area contributed by atoms with Crippen LogP contribution < -0.4 is 10.1 Å². The van der Waals surface area contributed by atoms with E-state index in [-0.39, 0.29) is 24.0 Å². The Morgan fingerprint density at radius 3 is 2.78 bits per heavy atom. The van der Waals surface area contributed by atoms with Crippen molar-refractivity contribution in [2.24, 2.45) is 0 Å². The van der Waals surface area contributed by atoms with Crippen molar-refractivity contribution in [2.75, 3.05) is 6.61 Å². The first kappa shape index (κ1) is 18.9. The molecule has 1 N–H and O–H groups in total. The Labute approximate surface area is 159 Å². The minimum atomic E-state index is -0.350. The number of nitrogens with one attached hydrogen (secondary N) is 1. The zero-order valence-electron chi connectivity index (χ0n) is 15.8. The van der Waals surface area contributed by atoms with E-state index in [1.807, 2.05) is 51.1 Å². The SMILES string of the molecule is Cc1nc(OCC(=O)NCc2ccccc2)c(C#N)c2c1COC(C)(C)C2. The molecule has 1 aliphatic heterocycles. The van der Waals surface area contributed by atoms with Gasteiger partial charge >= 0.3 is 0 Å². The number of benzene rings is 1. The van der Waals surface area contributed by atoms with Crippen LogP contribution in [-0.2, 0) is 29.1 Å². The molecule has 0 aliphatic carbocycles. The van der Waals surface area contributed by atoms with Gasteiger partial charge in [-0.15, -0.1) is 0 Å². The lowest BCUT2D eigenvalue weighted by atomic mass is 9.88. The van der Waals surface area contributed by atoms with Crippen LogP contribution in [0, 0.1) is 18.3 Å². The summed E-state index contributed by atoms with van der Waals surface area (Å²) < 4.78 is 11.4. The van der Waals surface area contributed by atoms with E-state index in [0.29, 0.717) is 25.1 Å². The third kappa shape index (κ3) is 4.44. The summed E-state index contributed by atoms with van der Waals surface area (Å²) in [6, 6.07) is 11.8. The molecule has 0 spiro atoms. The van der Waals surface area contributed by atoms with Crippen molar-refractivity contribution in [1.82, 2.24) is 10.3 Å². The summed E-state index contributed by atoms with van der Waals surface area (Å²) in [6.45, 7) is 6.51. The van der Waals surface area contributed by atoms with Gasteiger partial charge in [0.2, 0.25) is 5.88 Å². The van der Waals surface area contributed by atoms with Crippen LogP contribution in [0.15, 0.2) is 30.3 Å². The van der Waals surface area contributed by atoms with E-state index in [2.05, 4.69) is 16.4 Å². The monoisotopic (exact) mass is 365 g/mol. The first-order chi connectivity index (χ1) is 12.9. The minimum absolute atomic E-state index is 0.188. The summed E-state index contributed by atoms with van der Waals surface area (Å²) in [5.74, 6) is -0.0510. The van der Waals surface area contributed by atoms with Crippen LogP contribution in [-0.4, -0.2) is 23.1 Å². The number of nitrogens with zero attached hydrogens (tertiary/aromatic N) is 2. The number of carbonyl (C=O) groups is 1. The number of ether oxygens (including phenoxy) is 2. The van der Waals surface area contributed by atoms with Crippen LogP contribution in [0.1, 0.15) is 41.8 Å². The maximum atomic E-state index is 12.1. The van der Waals surface area contributed by atoms with Crippen LogP contribution >= 0.6 is 0 Å². The van der Waals surface area contributed by atoms with E-state index in [0.717, 1.165) is 22.4 Å². The Kier molecular flexibility index (Phi) is 5.43. The zero-order valence-corrected chi connectivity index (χ0v) is 15.8. The predicted octanol–water partition coefficient (Wildman–Crippen LogP) is 2.81. The van der Waals surface area contributed by atoms with Crippen LogP contribution in [0.2, 0.25) is 0 Å². The van der Waals surface area contributed by atoms with E-state index in [1.54, 1.807) is 0 Å². The molecule has 0 saturated heterocycles. The molecular weight excluding hydrogens is 342 g/mol. The number of aryl methyl sites for hydroxylation is 1. The maximum Gasteiger partial charge on any atom is 0.258 e. The highest BCUT2D eigenvalue weighted by molar-refractivity contribution is 5.77. The van der Waals surface area contributed by atoms with Gasteiger partial charge in [-0.25, -0.2) is 4.98 Å². The number of carbonyl (C=O) groups excluding carboxylic acids is 1. The molecule has 0 radical (unpaired) electrons. The number of nitriles is 1. The second-order valence-corrected chi connectivity index (χ2v) is 7.22. The maximum absolute atomic E-state index is 12.1. The lowest BCUT2D eigenvalue weighted by Crippen LogP contribution is -2.33. The molecule has 0 bridgehead atoms. The molecule has 27 heavy (non-hydrogen) atoms. The Morgan fingerprint density at radius 1 is 1.33 bits per heavy atom. The van der Waals surface area contributed by atoms with Crippen molar-refractivity contribution in [3.05, 3.63) is 58.3 Å². The topological polar surface area (TPSA) is 84.2 Å². The Hall–Kier alpha value is -2.91. The van der Waals surface area contributed by atoms with Crippen LogP contribution in [0.25, 0.3) is 0 Å². The summed E-state index contributed by atoms with van der Waals surface area (Å²) in [5, 5.41) is 12.4. The highest BCUT2D eigenvalue weighted by Crippen LogP contribution is 2.34. The van der Waals surface area contributed by atoms with Gasteiger partial charge in [-0.1, -0.05) is 30.3 Å². The van der Waals surface area contributed by atoms with Gasteiger partial charge in [-0.05, 0) is 31.9 Å².